The van der Waals surface area contributed by atoms with Crippen molar-refractivity contribution in [3.05, 3.63) is 72.4 Å². The molecule has 1 amide bonds. The van der Waals surface area contributed by atoms with Crippen molar-refractivity contribution < 1.29 is 4.79 Å². The van der Waals surface area contributed by atoms with Gasteiger partial charge in [0.2, 0.25) is 11.1 Å². The Hall–Kier alpha value is -3.26. The first-order valence-electron chi connectivity index (χ1n) is 10.8. The summed E-state index contributed by atoms with van der Waals surface area (Å²) in [5.41, 5.74) is 3.56. The lowest BCUT2D eigenvalue weighted by Gasteiger charge is -2.32. The molecule has 32 heavy (non-hydrogen) atoms. The normalized spacial score (nSPS) is 14.7. The largest absolute Gasteiger partial charge is 0.342 e. The van der Waals surface area contributed by atoms with Gasteiger partial charge in [0.15, 0.2) is 5.65 Å². The third kappa shape index (κ3) is 4.65. The third-order valence-electron chi connectivity index (χ3n) is 5.82. The van der Waals surface area contributed by atoms with E-state index in [1.165, 1.54) is 17.3 Å². The van der Waals surface area contributed by atoms with E-state index in [0.717, 1.165) is 43.7 Å². The number of carbonyl (C=O) groups is 1. The summed E-state index contributed by atoms with van der Waals surface area (Å²) in [5, 5.41) is 13.7. The van der Waals surface area contributed by atoms with Crippen molar-refractivity contribution in [3.8, 4) is 11.4 Å². The minimum Gasteiger partial charge on any atom is -0.342 e. The molecule has 5 rings (SSSR count). The number of nitrogens with zero attached hydrogens (tertiary/aromatic N) is 6. The van der Waals surface area contributed by atoms with Gasteiger partial charge in [-0.15, -0.1) is 10.2 Å². The molecule has 1 aliphatic rings. The van der Waals surface area contributed by atoms with Gasteiger partial charge in [0.25, 0.3) is 0 Å². The predicted octanol–water partition coefficient (Wildman–Crippen LogP) is 3.76. The van der Waals surface area contributed by atoms with Crippen LogP contribution >= 0.6 is 11.8 Å². The molecular formula is C24H24N6OS. The number of pyridine rings is 1. The molecule has 1 aromatic carbocycles. The number of fused-ring (bicyclic) bond motifs is 1. The highest BCUT2D eigenvalue weighted by Gasteiger charge is 2.23. The Morgan fingerprint density at radius 1 is 0.938 bits per heavy atom. The molecule has 4 aromatic rings. The molecule has 4 heterocycles. The van der Waals surface area contributed by atoms with Gasteiger partial charge in [-0.25, -0.2) is 0 Å². The number of piperidine rings is 1. The summed E-state index contributed by atoms with van der Waals surface area (Å²) in [6.45, 7) is 1.64. The fraction of sp³-hybridized carbons (Fsp3) is 0.292. The molecule has 0 unspecified atom stereocenters. The van der Waals surface area contributed by atoms with Crippen molar-refractivity contribution in [1.82, 2.24) is 29.7 Å². The van der Waals surface area contributed by atoms with Crippen molar-refractivity contribution >= 4 is 23.3 Å². The maximum absolute atomic E-state index is 12.8. The Morgan fingerprint density at radius 2 is 1.75 bits per heavy atom. The zero-order valence-electron chi connectivity index (χ0n) is 17.7. The smallest absolute Gasteiger partial charge is 0.233 e. The summed E-state index contributed by atoms with van der Waals surface area (Å²) in [5.74, 6) is 1.12. The fourth-order valence-corrected chi connectivity index (χ4v) is 4.85. The molecular weight excluding hydrogens is 420 g/mol. The van der Waals surface area contributed by atoms with Crippen LogP contribution in [0.4, 0.5) is 0 Å². The summed E-state index contributed by atoms with van der Waals surface area (Å²) in [4.78, 5) is 19.1. The number of amides is 1. The zero-order chi connectivity index (χ0) is 21.8. The Bertz CT molecular complexity index is 1190. The van der Waals surface area contributed by atoms with Gasteiger partial charge in [-0.2, -0.15) is 9.61 Å². The molecule has 0 saturated carbocycles. The monoisotopic (exact) mass is 444 g/mol. The third-order valence-corrected chi connectivity index (χ3v) is 6.72. The number of rotatable bonds is 6. The van der Waals surface area contributed by atoms with Gasteiger partial charge < -0.3 is 4.90 Å². The number of likely N-dealkylation sites (tertiary alicyclic amines) is 1. The van der Waals surface area contributed by atoms with E-state index in [-0.39, 0.29) is 5.91 Å². The maximum Gasteiger partial charge on any atom is 0.233 e. The highest BCUT2D eigenvalue weighted by molar-refractivity contribution is 7.99. The van der Waals surface area contributed by atoms with Crippen molar-refractivity contribution in [1.29, 1.82) is 0 Å². The summed E-state index contributed by atoms with van der Waals surface area (Å²) in [6, 6.07) is 20.1. The Morgan fingerprint density at radius 3 is 2.53 bits per heavy atom. The number of benzene rings is 1. The topological polar surface area (TPSA) is 76.3 Å². The van der Waals surface area contributed by atoms with Crippen molar-refractivity contribution in [3.63, 3.8) is 0 Å². The number of hydrogen-bond acceptors (Lipinski definition) is 6. The van der Waals surface area contributed by atoms with Gasteiger partial charge in [-0.05, 0) is 55.0 Å². The minimum absolute atomic E-state index is 0.144. The van der Waals surface area contributed by atoms with Crippen LogP contribution in [0.1, 0.15) is 18.4 Å². The van der Waals surface area contributed by atoms with E-state index in [1.807, 2.05) is 35.2 Å². The SMILES string of the molecule is O=C(CSc1nnc2ccc(-c3ccccn3)nn12)N1CCC(Cc2ccccc2)CC1. The van der Waals surface area contributed by atoms with Crippen LogP contribution in [0.3, 0.4) is 0 Å². The number of carbonyl (C=O) groups excluding carboxylic acids is 1. The number of hydrogen-bond donors (Lipinski definition) is 0. The van der Waals surface area contributed by atoms with Gasteiger partial charge in [-0.1, -0.05) is 48.2 Å². The molecule has 8 heteroatoms. The predicted molar refractivity (Wildman–Crippen MR) is 124 cm³/mol. The van der Waals surface area contributed by atoms with Crippen LogP contribution in [0.25, 0.3) is 17.0 Å². The summed E-state index contributed by atoms with van der Waals surface area (Å²) in [6.07, 6.45) is 4.93. The van der Waals surface area contributed by atoms with Crippen molar-refractivity contribution in [2.24, 2.45) is 5.92 Å². The van der Waals surface area contributed by atoms with Crippen LogP contribution in [0.15, 0.2) is 72.0 Å². The maximum atomic E-state index is 12.8. The van der Waals surface area contributed by atoms with E-state index in [2.05, 4.69) is 50.6 Å². The van der Waals surface area contributed by atoms with Gasteiger partial charge in [0, 0.05) is 19.3 Å². The van der Waals surface area contributed by atoms with Crippen molar-refractivity contribution in [2.45, 2.75) is 24.4 Å². The molecule has 162 valence electrons. The first-order valence-corrected chi connectivity index (χ1v) is 11.8. The second-order valence-corrected chi connectivity index (χ2v) is 8.93. The molecule has 0 radical (unpaired) electrons. The fourth-order valence-electron chi connectivity index (χ4n) is 4.06. The molecule has 1 saturated heterocycles. The van der Waals surface area contributed by atoms with Crippen LogP contribution < -0.4 is 0 Å². The molecule has 0 bridgehead atoms. The van der Waals surface area contributed by atoms with Crippen LogP contribution in [0, 0.1) is 5.92 Å². The highest BCUT2D eigenvalue weighted by Crippen LogP contribution is 2.24. The second kappa shape index (κ2) is 9.48. The lowest BCUT2D eigenvalue weighted by Crippen LogP contribution is -2.39. The second-order valence-electron chi connectivity index (χ2n) is 7.99. The summed E-state index contributed by atoms with van der Waals surface area (Å²) in [7, 11) is 0. The standard InChI is InChI=1S/C24H24N6OS/c31-23(29-14-11-19(12-15-29)16-18-6-2-1-3-7-18)17-32-24-27-26-22-10-9-21(28-30(22)24)20-8-4-5-13-25-20/h1-10,13,19H,11-12,14-17H2. The van der Waals surface area contributed by atoms with Gasteiger partial charge >= 0.3 is 0 Å². The number of thioether (sulfide) groups is 1. The van der Waals surface area contributed by atoms with Crippen molar-refractivity contribution in [2.75, 3.05) is 18.8 Å². The molecule has 1 fully saturated rings. The Kier molecular flexibility index (Phi) is 6.11. The van der Waals surface area contributed by atoms with Gasteiger partial charge in [0.05, 0.1) is 11.4 Å². The van der Waals surface area contributed by atoms with Crippen LogP contribution in [0.2, 0.25) is 0 Å². The molecule has 0 atom stereocenters. The summed E-state index contributed by atoms with van der Waals surface area (Å²) >= 11 is 1.38. The van der Waals surface area contributed by atoms with Crippen LogP contribution in [-0.4, -0.2) is 54.4 Å². The van der Waals surface area contributed by atoms with Crippen LogP contribution in [0.5, 0.6) is 0 Å². The average Bonchev–Trinajstić information content (AvgIpc) is 3.26. The first kappa shape index (κ1) is 20.6. The van der Waals surface area contributed by atoms with Gasteiger partial charge in [-0.3, -0.25) is 9.78 Å². The molecule has 7 nitrogen and oxygen atoms in total. The van der Waals surface area contributed by atoms with E-state index >= 15 is 0 Å². The minimum atomic E-state index is 0.144. The first-order chi connectivity index (χ1) is 15.8. The Labute approximate surface area is 190 Å². The van der Waals surface area contributed by atoms with E-state index < -0.39 is 0 Å². The van der Waals surface area contributed by atoms with Gasteiger partial charge in [0.1, 0.15) is 5.69 Å². The lowest BCUT2D eigenvalue weighted by molar-refractivity contribution is -0.129. The highest BCUT2D eigenvalue weighted by atomic mass is 32.2. The number of aromatic nitrogens is 5. The van der Waals surface area contributed by atoms with E-state index in [0.29, 0.717) is 22.5 Å². The zero-order valence-corrected chi connectivity index (χ0v) is 18.5. The molecule has 3 aromatic heterocycles. The van der Waals surface area contributed by atoms with E-state index in [4.69, 9.17) is 0 Å². The van der Waals surface area contributed by atoms with Crippen LogP contribution in [-0.2, 0) is 11.2 Å². The molecule has 0 N–H and O–H groups in total. The van der Waals surface area contributed by atoms with E-state index in [9.17, 15) is 4.79 Å². The molecule has 0 aliphatic carbocycles. The lowest BCUT2D eigenvalue weighted by atomic mass is 9.90. The summed E-state index contributed by atoms with van der Waals surface area (Å²) < 4.78 is 1.69. The quantitative estimate of drug-likeness (QED) is 0.422. The average molecular weight is 445 g/mol. The molecule has 0 spiro atoms. The molecule has 1 aliphatic heterocycles. The van der Waals surface area contributed by atoms with E-state index in [1.54, 1.807) is 10.7 Å². The Balaban J connectivity index is 1.18.